The third kappa shape index (κ3) is 2.53. The molecule has 0 spiro atoms. The van der Waals surface area contributed by atoms with Crippen molar-refractivity contribution in [3.8, 4) is 0 Å². The van der Waals surface area contributed by atoms with Gasteiger partial charge in [0.2, 0.25) is 5.91 Å². The number of amides is 1. The van der Waals surface area contributed by atoms with Crippen LogP contribution in [0, 0.1) is 0 Å². The summed E-state index contributed by atoms with van der Waals surface area (Å²) >= 11 is 0. The van der Waals surface area contributed by atoms with Gasteiger partial charge in [-0.1, -0.05) is 0 Å². The Hall–Kier alpha value is -0.650. The number of hydrogen-bond donors (Lipinski definition) is 3. The van der Waals surface area contributed by atoms with Crippen molar-refractivity contribution < 1.29 is 4.79 Å². The van der Waals surface area contributed by atoms with Gasteiger partial charge >= 0.3 is 0 Å². The highest BCUT2D eigenvalue weighted by Crippen LogP contribution is 2.16. The Morgan fingerprint density at radius 2 is 2.25 bits per heavy atom. The third-order valence-corrected chi connectivity index (χ3v) is 3.57. The van der Waals surface area contributed by atoms with E-state index >= 15 is 0 Å². The average Bonchev–Trinajstić information content (AvgIpc) is 2.54. The number of hydrogen-bond acceptors (Lipinski definition) is 4. The maximum Gasteiger partial charge on any atom is 0.237 e. The molecule has 5 nitrogen and oxygen atoms in total. The molecule has 2 atom stereocenters. The quantitative estimate of drug-likeness (QED) is 0.558. The molecule has 2 fully saturated rings. The van der Waals surface area contributed by atoms with E-state index in [0.717, 1.165) is 45.4 Å². The first-order valence-electron chi connectivity index (χ1n) is 6.27. The second-order valence-electron chi connectivity index (χ2n) is 4.63. The number of carbonyl (C=O) groups is 1. The fourth-order valence-corrected chi connectivity index (χ4v) is 2.65. The fraction of sp³-hybridized carbons (Fsp3) is 0.909. The number of nitrogens with one attached hydrogen (secondary N) is 2. The van der Waals surface area contributed by atoms with Gasteiger partial charge in [-0.05, 0) is 19.3 Å². The maximum absolute atomic E-state index is 12.0. The lowest BCUT2D eigenvalue weighted by Gasteiger charge is -2.39. The molecule has 1 amide bonds. The van der Waals surface area contributed by atoms with Crippen molar-refractivity contribution in [2.45, 2.75) is 31.3 Å². The minimum atomic E-state index is 0.0400. The molecule has 92 valence electrons. The van der Waals surface area contributed by atoms with Crippen LogP contribution >= 0.6 is 0 Å². The zero-order valence-electron chi connectivity index (χ0n) is 9.74. The van der Waals surface area contributed by atoms with Crippen LogP contribution in [0.2, 0.25) is 0 Å². The van der Waals surface area contributed by atoms with Crippen LogP contribution in [0.15, 0.2) is 0 Å². The summed E-state index contributed by atoms with van der Waals surface area (Å²) in [7, 11) is 0. The summed E-state index contributed by atoms with van der Waals surface area (Å²) < 4.78 is 0. The Morgan fingerprint density at radius 1 is 1.38 bits per heavy atom. The summed E-state index contributed by atoms with van der Waals surface area (Å²) in [6.45, 7) is 4.24. The van der Waals surface area contributed by atoms with E-state index in [4.69, 9.17) is 5.73 Å². The van der Waals surface area contributed by atoms with E-state index in [1.54, 1.807) is 0 Å². The molecule has 2 aliphatic heterocycles. The molecule has 0 aromatic heterocycles. The summed E-state index contributed by atoms with van der Waals surface area (Å²) in [4.78, 5) is 14.2. The normalized spacial score (nSPS) is 33.2. The van der Waals surface area contributed by atoms with Crippen LogP contribution in [-0.2, 0) is 4.79 Å². The van der Waals surface area contributed by atoms with Crippen LogP contribution in [0.4, 0.5) is 0 Å². The predicted molar refractivity (Wildman–Crippen MR) is 63.1 cm³/mol. The number of piperazine rings is 1. The van der Waals surface area contributed by atoms with Gasteiger partial charge < -0.3 is 16.4 Å². The van der Waals surface area contributed by atoms with Gasteiger partial charge in [0.1, 0.15) is 0 Å². The van der Waals surface area contributed by atoms with Gasteiger partial charge in [-0.3, -0.25) is 9.69 Å². The van der Waals surface area contributed by atoms with Gasteiger partial charge in [0.25, 0.3) is 0 Å². The van der Waals surface area contributed by atoms with Crippen molar-refractivity contribution in [1.82, 2.24) is 15.5 Å². The maximum atomic E-state index is 12.0. The average molecular weight is 226 g/mol. The van der Waals surface area contributed by atoms with E-state index in [0.29, 0.717) is 12.6 Å². The van der Waals surface area contributed by atoms with E-state index in [-0.39, 0.29) is 11.9 Å². The highest BCUT2D eigenvalue weighted by atomic mass is 16.2. The Balaban J connectivity index is 2.04. The Bertz CT molecular complexity index is 246. The molecule has 2 rings (SSSR count). The summed E-state index contributed by atoms with van der Waals surface area (Å²) in [5.41, 5.74) is 5.77. The molecule has 0 aromatic rings. The molecular formula is C11H22N4O. The van der Waals surface area contributed by atoms with E-state index in [1.807, 2.05) is 0 Å². The second kappa shape index (κ2) is 5.61. The Labute approximate surface area is 96.7 Å². The smallest absolute Gasteiger partial charge is 0.237 e. The molecule has 2 unspecified atom stereocenters. The lowest BCUT2D eigenvalue weighted by atomic mass is 10.0. The second-order valence-corrected chi connectivity index (χ2v) is 4.63. The molecule has 5 heteroatoms. The zero-order valence-corrected chi connectivity index (χ0v) is 9.74. The van der Waals surface area contributed by atoms with Crippen molar-refractivity contribution in [2.75, 3.05) is 32.7 Å². The van der Waals surface area contributed by atoms with E-state index in [2.05, 4.69) is 15.5 Å². The SMILES string of the molecule is NCC1CNCCN1C1CCCCNC1=O. The summed E-state index contributed by atoms with van der Waals surface area (Å²) in [6, 6.07) is 0.348. The number of carbonyl (C=O) groups excluding carboxylic acids is 1. The van der Waals surface area contributed by atoms with Crippen molar-refractivity contribution in [3.63, 3.8) is 0 Å². The van der Waals surface area contributed by atoms with Gasteiger partial charge in [-0.2, -0.15) is 0 Å². The van der Waals surface area contributed by atoms with E-state index in [9.17, 15) is 4.79 Å². The standard InChI is InChI=1S/C11H22N4O/c12-7-9-8-13-5-6-15(9)10-3-1-2-4-14-11(10)16/h9-10,13H,1-8,12H2,(H,14,16). The molecule has 0 aromatic carbocycles. The van der Waals surface area contributed by atoms with Crippen molar-refractivity contribution >= 4 is 5.91 Å². The van der Waals surface area contributed by atoms with Crippen molar-refractivity contribution in [1.29, 1.82) is 0 Å². The molecule has 0 saturated carbocycles. The summed E-state index contributed by atoms with van der Waals surface area (Å²) in [6.07, 6.45) is 3.20. The first kappa shape index (κ1) is 11.8. The Kier molecular flexibility index (Phi) is 4.15. The topological polar surface area (TPSA) is 70.4 Å². The van der Waals surface area contributed by atoms with Crippen LogP contribution < -0.4 is 16.4 Å². The molecule has 0 radical (unpaired) electrons. The summed E-state index contributed by atoms with van der Waals surface area (Å²) in [5.74, 6) is 0.192. The van der Waals surface area contributed by atoms with Crippen molar-refractivity contribution in [3.05, 3.63) is 0 Å². The van der Waals surface area contributed by atoms with E-state index in [1.165, 1.54) is 0 Å². The monoisotopic (exact) mass is 226 g/mol. The number of nitrogens with two attached hydrogens (primary N) is 1. The lowest BCUT2D eigenvalue weighted by Crippen LogP contribution is -2.60. The lowest BCUT2D eigenvalue weighted by molar-refractivity contribution is -0.127. The molecule has 2 saturated heterocycles. The molecule has 2 aliphatic rings. The van der Waals surface area contributed by atoms with Crippen LogP contribution in [0.1, 0.15) is 19.3 Å². The zero-order chi connectivity index (χ0) is 11.4. The van der Waals surface area contributed by atoms with Gasteiger partial charge in [-0.15, -0.1) is 0 Å². The van der Waals surface area contributed by atoms with Crippen LogP contribution in [0.3, 0.4) is 0 Å². The molecule has 4 N–H and O–H groups in total. The van der Waals surface area contributed by atoms with E-state index < -0.39 is 0 Å². The minimum absolute atomic E-state index is 0.0400. The van der Waals surface area contributed by atoms with Crippen LogP contribution in [0.5, 0.6) is 0 Å². The van der Waals surface area contributed by atoms with Crippen LogP contribution in [-0.4, -0.2) is 55.6 Å². The predicted octanol–water partition coefficient (Wildman–Crippen LogP) is -1.11. The first-order valence-corrected chi connectivity index (χ1v) is 6.27. The van der Waals surface area contributed by atoms with Crippen LogP contribution in [0.25, 0.3) is 0 Å². The number of nitrogens with zero attached hydrogens (tertiary/aromatic N) is 1. The van der Waals surface area contributed by atoms with Gasteiger partial charge in [0.05, 0.1) is 6.04 Å². The molecule has 0 bridgehead atoms. The first-order chi connectivity index (χ1) is 7.83. The largest absolute Gasteiger partial charge is 0.355 e. The van der Waals surface area contributed by atoms with Crippen molar-refractivity contribution in [2.24, 2.45) is 5.73 Å². The van der Waals surface area contributed by atoms with Gasteiger partial charge in [0.15, 0.2) is 0 Å². The Morgan fingerprint density at radius 3 is 3.06 bits per heavy atom. The highest BCUT2D eigenvalue weighted by Gasteiger charge is 2.32. The molecule has 0 aliphatic carbocycles. The molecule has 16 heavy (non-hydrogen) atoms. The van der Waals surface area contributed by atoms with Gasteiger partial charge in [0, 0.05) is 38.8 Å². The number of rotatable bonds is 2. The molecular weight excluding hydrogens is 204 g/mol. The highest BCUT2D eigenvalue weighted by molar-refractivity contribution is 5.82. The fourth-order valence-electron chi connectivity index (χ4n) is 2.65. The molecule has 2 heterocycles. The van der Waals surface area contributed by atoms with Gasteiger partial charge in [-0.25, -0.2) is 0 Å². The summed E-state index contributed by atoms with van der Waals surface area (Å²) in [5, 5.41) is 6.33. The third-order valence-electron chi connectivity index (χ3n) is 3.57. The minimum Gasteiger partial charge on any atom is -0.355 e.